The van der Waals surface area contributed by atoms with Gasteiger partial charge in [-0.05, 0) is 31.9 Å². The van der Waals surface area contributed by atoms with Crippen molar-refractivity contribution in [2.75, 3.05) is 20.3 Å². The number of aryl methyl sites for hydroxylation is 1. The number of hydrogen-bond acceptors (Lipinski definition) is 4. The molecule has 1 amide bonds. The summed E-state index contributed by atoms with van der Waals surface area (Å²) in [4.78, 5) is 16.7. The first-order chi connectivity index (χ1) is 8.63. The molecular weight excluding hydrogens is 284 g/mol. The molecule has 2 N–H and O–H groups in total. The summed E-state index contributed by atoms with van der Waals surface area (Å²) >= 11 is 1.77. The topological polar surface area (TPSA) is 55.6 Å². The molecule has 0 saturated carbocycles. The predicted molar refractivity (Wildman–Crippen MR) is 79.8 cm³/mol. The molecule has 0 spiro atoms. The highest BCUT2D eigenvalue weighted by Gasteiger charge is 2.33. The molecule has 2 heterocycles. The normalized spacial score (nSPS) is 20.2. The number of likely N-dealkylation sites (tertiary alicyclic amines) is 1. The van der Waals surface area contributed by atoms with Gasteiger partial charge in [-0.25, -0.2) is 0 Å². The van der Waals surface area contributed by atoms with E-state index in [4.69, 9.17) is 10.5 Å². The Hall–Kier alpha value is -0.620. The number of methoxy groups -OCH3 is 1. The van der Waals surface area contributed by atoms with E-state index < -0.39 is 6.04 Å². The Morgan fingerprint density at radius 1 is 1.63 bits per heavy atom. The zero-order valence-electron chi connectivity index (χ0n) is 11.3. The number of carbonyl (C=O) groups excluding carboxylic acids is 1. The van der Waals surface area contributed by atoms with Crippen LogP contribution in [0.2, 0.25) is 0 Å². The molecule has 0 aromatic carbocycles. The largest absolute Gasteiger partial charge is 0.383 e. The fourth-order valence-corrected chi connectivity index (χ4v) is 3.45. The number of carbonyl (C=O) groups is 1. The van der Waals surface area contributed by atoms with Crippen molar-refractivity contribution in [2.24, 2.45) is 5.73 Å². The van der Waals surface area contributed by atoms with Crippen LogP contribution in [-0.4, -0.2) is 37.1 Å². The Bertz CT molecular complexity index is 425. The van der Waals surface area contributed by atoms with E-state index in [-0.39, 0.29) is 31.0 Å². The molecule has 2 atom stereocenters. The predicted octanol–water partition coefficient (Wildman–Crippen LogP) is 2.12. The van der Waals surface area contributed by atoms with E-state index in [9.17, 15) is 4.79 Å². The second kappa shape index (κ2) is 7.24. The van der Waals surface area contributed by atoms with Crippen molar-refractivity contribution < 1.29 is 9.53 Å². The molecule has 0 bridgehead atoms. The highest BCUT2D eigenvalue weighted by Crippen LogP contribution is 2.35. The Kier molecular flexibility index (Phi) is 6.26. The molecule has 1 aromatic heterocycles. The maximum Gasteiger partial charge on any atom is 0.242 e. The quantitative estimate of drug-likeness (QED) is 0.927. The minimum atomic E-state index is -0.545. The van der Waals surface area contributed by atoms with Crippen LogP contribution < -0.4 is 5.73 Å². The van der Waals surface area contributed by atoms with Crippen molar-refractivity contribution in [3.05, 3.63) is 21.9 Å². The van der Waals surface area contributed by atoms with Crippen molar-refractivity contribution in [3.8, 4) is 0 Å². The van der Waals surface area contributed by atoms with Crippen molar-refractivity contribution in [3.63, 3.8) is 0 Å². The first-order valence-corrected chi connectivity index (χ1v) is 7.06. The van der Waals surface area contributed by atoms with Gasteiger partial charge in [-0.1, -0.05) is 0 Å². The highest BCUT2D eigenvalue weighted by atomic mass is 35.5. The minimum Gasteiger partial charge on any atom is -0.383 e. The number of rotatable bonds is 4. The van der Waals surface area contributed by atoms with Crippen LogP contribution in [0.4, 0.5) is 0 Å². The van der Waals surface area contributed by atoms with E-state index in [1.165, 1.54) is 9.75 Å². The van der Waals surface area contributed by atoms with Gasteiger partial charge in [0.1, 0.15) is 6.04 Å². The lowest BCUT2D eigenvalue weighted by atomic mass is 10.1. The molecule has 2 unspecified atom stereocenters. The van der Waals surface area contributed by atoms with Gasteiger partial charge in [-0.3, -0.25) is 4.79 Å². The molecule has 4 nitrogen and oxygen atoms in total. The standard InChI is InChI=1S/C13H20N2O2S.ClH/c1-9-5-6-12(18-9)11-4-3-7-15(11)13(16)10(14)8-17-2;/h5-6,10-11H,3-4,7-8,14H2,1-2H3;1H. The first-order valence-electron chi connectivity index (χ1n) is 6.25. The molecule has 1 aromatic rings. The average molecular weight is 305 g/mol. The second-order valence-electron chi connectivity index (χ2n) is 4.70. The molecule has 1 aliphatic rings. The van der Waals surface area contributed by atoms with Crippen LogP contribution >= 0.6 is 23.7 Å². The molecule has 2 rings (SSSR count). The van der Waals surface area contributed by atoms with E-state index in [1.807, 2.05) is 4.90 Å². The number of halogens is 1. The van der Waals surface area contributed by atoms with Crippen LogP contribution in [0.25, 0.3) is 0 Å². The molecule has 108 valence electrons. The van der Waals surface area contributed by atoms with Gasteiger partial charge >= 0.3 is 0 Å². The zero-order chi connectivity index (χ0) is 13.1. The number of nitrogens with zero attached hydrogens (tertiary/aromatic N) is 1. The van der Waals surface area contributed by atoms with Crippen LogP contribution in [0.15, 0.2) is 12.1 Å². The van der Waals surface area contributed by atoms with Crippen LogP contribution in [0.1, 0.15) is 28.6 Å². The summed E-state index contributed by atoms with van der Waals surface area (Å²) in [6, 6.07) is 3.89. The summed E-state index contributed by atoms with van der Waals surface area (Å²) < 4.78 is 4.96. The van der Waals surface area contributed by atoms with Crippen LogP contribution in [0, 0.1) is 6.92 Å². The third-order valence-electron chi connectivity index (χ3n) is 3.29. The fourth-order valence-electron chi connectivity index (χ4n) is 2.42. The van der Waals surface area contributed by atoms with Gasteiger partial charge in [0.15, 0.2) is 0 Å². The highest BCUT2D eigenvalue weighted by molar-refractivity contribution is 7.12. The smallest absolute Gasteiger partial charge is 0.242 e. The first kappa shape index (κ1) is 16.4. The van der Waals surface area contributed by atoms with E-state index in [0.29, 0.717) is 0 Å². The number of nitrogens with two attached hydrogens (primary N) is 1. The SMILES string of the molecule is COCC(N)C(=O)N1CCCC1c1ccc(C)s1.Cl. The lowest BCUT2D eigenvalue weighted by Gasteiger charge is -2.26. The van der Waals surface area contributed by atoms with Gasteiger partial charge in [0.25, 0.3) is 0 Å². The molecule has 1 saturated heterocycles. The van der Waals surface area contributed by atoms with Crippen molar-refractivity contribution in [1.82, 2.24) is 4.90 Å². The van der Waals surface area contributed by atoms with Gasteiger partial charge in [-0.15, -0.1) is 23.7 Å². The summed E-state index contributed by atoms with van der Waals surface area (Å²) in [5.41, 5.74) is 5.84. The second-order valence-corrected chi connectivity index (χ2v) is 6.02. The molecule has 19 heavy (non-hydrogen) atoms. The van der Waals surface area contributed by atoms with Crippen LogP contribution in [-0.2, 0) is 9.53 Å². The van der Waals surface area contributed by atoms with Crippen LogP contribution in [0.3, 0.4) is 0 Å². The van der Waals surface area contributed by atoms with Gasteiger partial charge in [0.05, 0.1) is 12.6 Å². The molecule has 0 radical (unpaired) electrons. The number of thiophene rings is 1. The monoisotopic (exact) mass is 304 g/mol. The minimum absolute atomic E-state index is 0. The van der Waals surface area contributed by atoms with E-state index in [1.54, 1.807) is 18.4 Å². The summed E-state index contributed by atoms with van der Waals surface area (Å²) in [7, 11) is 1.57. The maximum atomic E-state index is 12.3. The number of ether oxygens (including phenoxy) is 1. The number of hydrogen-bond donors (Lipinski definition) is 1. The average Bonchev–Trinajstić information content (AvgIpc) is 2.96. The third-order valence-corrected chi connectivity index (χ3v) is 4.39. The summed E-state index contributed by atoms with van der Waals surface area (Å²) in [6.07, 6.45) is 2.08. The van der Waals surface area contributed by atoms with Gasteiger partial charge in [0.2, 0.25) is 5.91 Å². The van der Waals surface area contributed by atoms with Gasteiger partial charge < -0.3 is 15.4 Å². The number of amides is 1. The van der Waals surface area contributed by atoms with Crippen molar-refractivity contribution in [1.29, 1.82) is 0 Å². The summed E-state index contributed by atoms with van der Waals surface area (Å²) in [5.74, 6) is 0.00500. The molecular formula is C13H21ClN2O2S. The van der Waals surface area contributed by atoms with E-state index >= 15 is 0 Å². The third kappa shape index (κ3) is 3.69. The van der Waals surface area contributed by atoms with Gasteiger partial charge in [-0.2, -0.15) is 0 Å². The summed E-state index contributed by atoms with van der Waals surface area (Å²) in [6.45, 7) is 3.18. The Balaban J connectivity index is 0.00000180. The van der Waals surface area contributed by atoms with Crippen LogP contribution in [0.5, 0.6) is 0 Å². The van der Waals surface area contributed by atoms with Gasteiger partial charge in [0, 0.05) is 23.4 Å². The zero-order valence-corrected chi connectivity index (χ0v) is 12.9. The molecule has 1 aliphatic heterocycles. The summed E-state index contributed by atoms with van der Waals surface area (Å²) in [5, 5.41) is 0. The lowest BCUT2D eigenvalue weighted by Crippen LogP contribution is -2.45. The Morgan fingerprint density at radius 3 is 2.95 bits per heavy atom. The Morgan fingerprint density at radius 2 is 2.37 bits per heavy atom. The van der Waals surface area contributed by atoms with E-state index in [2.05, 4.69) is 19.1 Å². The van der Waals surface area contributed by atoms with Crippen molar-refractivity contribution >= 4 is 29.7 Å². The van der Waals surface area contributed by atoms with E-state index in [0.717, 1.165) is 19.4 Å². The van der Waals surface area contributed by atoms with Crippen molar-refractivity contribution in [2.45, 2.75) is 31.8 Å². The fraction of sp³-hybridized carbons (Fsp3) is 0.615. The molecule has 1 fully saturated rings. The Labute approximate surface area is 124 Å². The molecule has 6 heteroatoms. The maximum absolute atomic E-state index is 12.3. The molecule has 0 aliphatic carbocycles. The lowest BCUT2D eigenvalue weighted by molar-refractivity contribution is -0.134.